The van der Waals surface area contributed by atoms with Gasteiger partial charge in [-0.15, -0.1) is 0 Å². The SMILES string of the molecule is COCCNc1ccnc(Nc2cc(C(F)(F)F)ccc2Cl)n1. The molecule has 0 unspecified atom stereocenters. The average Bonchev–Trinajstić information content (AvgIpc) is 2.49. The summed E-state index contributed by atoms with van der Waals surface area (Å²) in [5, 5.41) is 5.82. The van der Waals surface area contributed by atoms with Crippen molar-refractivity contribution in [3.8, 4) is 0 Å². The maximum atomic E-state index is 12.8. The molecule has 0 atom stereocenters. The number of hydrogen-bond donors (Lipinski definition) is 2. The zero-order chi connectivity index (χ0) is 16.9. The molecule has 0 aliphatic carbocycles. The van der Waals surface area contributed by atoms with E-state index in [1.54, 1.807) is 13.2 Å². The Labute approximate surface area is 135 Å². The highest BCUT2D eigenvalue weighted by atomic mass is 35.5. The van der Waals surface area contributed by atoms with Gasteiger partial charge in [0.05, 0.1) is 22.9 Å². The normalized spacial score (nSPS) is 11.3. The highest BCUT2D eigenvalue weighted by molar-refractivity contribution is 6.33. The first-order chi connectivity index (χ1) is 10.9. The number of anilines is 3. The topological polar surface area (TPSA) is 59.1 Å². The number of rotatable bonds is 6. The highest BCUT2D eigenvalue weighted by Crippen LogP contribution is 2.34. The molecule has 2 aromatic rings. The van der Waals surface area contributed by atoms with E-state index in [0.717, 1.165) is 12.1 Å². The van der Waals surface area contributed by atoms with E-state index in [1.165, 1.54) is 12.3 Å². The van der Waals surface area contributed by atoms with Crippen LogP contribution < -0.4 is 10.6 Å². The van der Waals surface area contributed by atoms with Gasteiger partial charge in [0.1, 0.15) is 5.82 Å². The Balaban J connectivity index is 2.17. The van der Waals surface area contributed by atoms with Crippen LogP contribution in [0.2, 0.25) is 5.02 Å². The largest absolute Gasteiger partial charge is 0.416 e. The van der Waals surface area contributed by atoms with Crippen molar-refractivity contribution in [3.05, 3.63) is 41.0 Å². The van der Waals surface area contributed by atoms with Crippen molar-refractivity contribution in [1.82, 2.24) is 9.97 Å². The Kier molecular flexibility index (Phi) is 5.62. The van der Waals surface area contributed by atoms with Crippen molar-refractivity contribution in [3.63, 3.8) is 0 Å². The van der Waals surface area contributed by atoms with Gasteiger partial charge in [-0.1, -0.05) is 11.6 Å². The van der Waals surface area contributed by atoms with E-state index in [2.05, 4.69) is 20.6 Å². The lowest BCUT2D eigenvalue weighted by molar-refractivity contribution is -0.137. The van der Waals surface area contributed by atoms with Crippen LogP contribution in [0.1, 0.15) is 5.56 Å². The molecule has 5 nitrogen and oxygen atoms in total. The first-order valence-electron chi connectivity index (χ1n) is 6.60. The van der Waals surface area contributed by atoms with E-state index in [-0.39, 0.29) is 16.7 Å². The monoisotopic (exact) mass is 346 g/mol. The Hall–Kier alpha value is -2.06. The third kappa shape index (κ3) is 4.97. The minimum Gasteiger partial charge on any atom is -0.383 e. The molecule has 1 heterocycles. The predicted molar refractivity (Wildman–Crippen MR) is 82.1 cm³/mol. The zero-order valence-corrected chi connectivity index (χ0v) is 12.9. The van der Waals surface area contributed by atoms with Crippen LogP contribution in [0.25, 0.3) is 0 Å². The molecule has 0 fully saturated rings. The van der Waals surface area contributed by atoms with Gasteiger partial charge in [0.25, 0.3) is 0 Å². The van der Waals surface area contributed by atoms with Crippen LogP contribution in [-0.4, -0.2) is 30.2 Å². The second-order valence-electron chi connectivity index (χ2n) is 4.50. The minimum atomic E-state index is -4.45. The van der Waals surface area contributed by atoms with Crippen LogP contribution in [-0.2, 0) is 10.9 Å². The van der Waals surface area contributed by atoms with Crippen LogP contribution in [0.15, 0.2) is 30.5 Å². The number of ether oxygens (including phenoxy) is 1. The number of alkyl halides is 3. The van der Waals surface area contributed by atoms with E-state index in [4.69, 9.17) is 16.3 Å². The van der Waals surface area contributed by atoms with Crippen LogP contribution in [0.3, 0.4) is 0 Å². The lowest BCUT2D eigenvalue weighted by atomic mass is 10.2. The molecule has 0 aliphatic rings. The van der Waals surface area contributed by atoms with Crippen LogP contribution in [0.5, 0.6) is 0 Å². The molecule has 0 radical (unpaired) electrons. The lowest BCUT2D eigenvalue weighted by Gasteiger charge is -2.12. The molecule has 2 rings (SSSR count). The third-order valence-electron chi connectivity index (χ3n) is 2.81. The average molecular weight is 347 g/mol. The van der Waals surface area contributed by atoms with Crippen LogP contribution >= 0.6 is 11.6 Å². The molecule has 2 N–H and O–H groups in total. The van der Waals surface area contributed by atoms with E-state index in [9.17, 15) is 13.2 Å². The number of halogens is 4. The standard InChI is InChI=1S/C14H14ClF3N4O/c1-23-7-6-19-12-4-5-20-13(22-12)21-11-8-9(14(16,17)18)2-3-10(11)15/h2-5,8H,6-7H2,1H3,(H2,19,20,21,22). The number of benzene rings is 1. The van der Waals surface area contributed by atoms with Gasteiger partial charge in [-0.25, -0.2) is 4.98 Å². The second-order valence-corrected chi connectivity index (χ2v) is 4.91. The molecule has 1 aromatic heterocycles. The Morgan fingerprint density at radius 3 is 2.74 bits per heavy atom. The molecular formula is C14H14ClF3N4O. The number of hydrogen-bond acceptors (Lipinski definition) is 5. The molecule has 124 valence electrons. The van der Waals surface area contributed by atoms with E-state index in [1.807, 2.05) is 0 Å². The summed E-state index contributed by atoms with van der Waals surface area (Å²) in [6.45, 7) is 1.03. The molecular weight excluding hydrogens is 333 g/mol. The molecule has 0 aliphatic heterocycles. The third-order valence-corrected chi connectivity index (χ3v) is 3.14. The van der Waals surface area contributed by atoms with Gasteiger partial charge >= 0.3 is 6.18 Å². The second kappa shape index (κ2) is 7.47. The van der Waals surface area contributed by atoms with Crippen LogP contribution in [0, 0.1) is 0 Å². The maximum Gasteiger partial charge on any atom is 0.416 e. The molecule has 0 saturated heterocycles. The summed E-state index contributed by atoms with van der Waals surface area (Å²) in [7, 11) is 1.57. The molecule has 0 bridgehead atoms. The maximum absolute atomic E-state index is 12.8. The van der Waals surface area contributed by atoms with Crippen molar-refractivity contribution in [1.29, 1.82) is 0 Å². The van der Waals surface area contributed by atoms with Crippen molar-refractivity contribution in [2.75, 3.05) is 30.9 Å². The summed E-state index contributed by atoms with van der Waals surface area (Å²) in [4.78, 5) is 8.11. The molecule has 0 spiro atoms. The smallest absolute Gasteiger partial charge is 0.383 e. The first-order valence-corrected chi connectivity index (χ1v) is 6.97. The summed E-state index contributed by atoms with van der Waals surface area (Å²) in [5.74, 6) is 0.649. The van der Waals surface area contributed by atoms with Gasteiger partial charge in [0.2, 0.25) is 5.95 Å². The van der Waals surface area contributed by atoms with Gasteiger partial charge in [-0.2, -0.15) is 18.2 Å². The number of nitrogens with one attached hydrogen (secondary N) is 2. The fraction of sp³-hybridized carbons (Fsp3) is 0.286. The summed E-state index contributed by atoms with van der Waals surface area (Å²) in [6.07, 6.45) is -2.97. The van der Waals surface area contributed by atoms with Gasteiger partial charge in [0, 0.05) is 19.9 Å². The Morgan fingerprint density at radius 2 is 2.04 bits per heavy atom. The van der Waals surface area contributed by atoms with E-state index in [0.29, 0.717) is 19.0 Å². The summed E-state index contributed by atoms with van der Waals surface area (Å²) in [6, 6.07) is 4.63. The van der Waals surface area contributed by atoms with Gasteiger partial charge < -0.3 is 15.4 Å². The van der Waals surface area contributed by atoms with E-state index >= 15 is 0 Å². The van der Waals surface area contributed by atoms with Gasteiger partial charge in [-0.3, -0.25) is 0 Å². The number of methoxy groups -OCH3 is 1. The summed E-state index contributed by atoms with van der Waals surface area (Å²) >= 11 is 5.92. The minimum absolute atomic E-state index is 0.0792. The molecule has 1 aromatic carbocycles. The van der Waals surface area contributed by atoms with Crippen LogP contribution in [0.4, 0.5) is 30.6 Å². The van der Waals surface area contributed by atoms with Gasteiger partial charge in [0.15, 0.2) is 0 Å². The highest BCUT2D eigenvalue weighted by Gasteiger charge is 2.31. The molecule has 0 amide bonds. The molecule has 23 heavy (non-hydrogen) atoms. The quantitative estimate of drug-likeness (QED) is 0.776. The Morgan fingerprint density at radius 1 is 1.26 bits per heavy atom. The van der Waals surface area contributed by atoms with Crippen molar-refractivity contribution < 1.29 is 17.9 Å². The summed E-state index contributed by atoms with van der Waals surface area (Å²) < 4.78 is 43.2. The lowest BCUT2D eigenvalue weighted by Crippen LogP contribution is -2.10. The van der Waals surface area contributed by atoms with Gasteiger partial charge in [-0.05, 0) is 24.3 Å². The number of aromatic nitrogens is 2. The molecule has 9 heteroatoms. The van der Waals surface area contributed by atoms with Crippen molar-refractivity contribution >= 4 is 29.1 Å². The number of nitrogens with zero attached hydrogens (tertiary/aromatic N) is 2. The fourth-order valence-corrected chi connectivity index (χ4v) is 1.88. The van der Waals surface area contributed by atoms with Crippen molar-refractivity contribution in [2.24, 2.45) is 0 Å². The first kappa shape index (κ1) is 17.3. The summed E-state index contributed by atoms with van der Waals surface area (Å²) in [5.41, 5.74) is -0.727. The fourth-order valence-electron chi connectivity index (χ4n) is 1.72. The predicted octanol–water partition coefficient (Wildman–Crippen LogP) is 3.95. The zero-order valence-electron chi connectivity index (χ0n) is 12.1. The molecule has 0 saturated carbocycles. The Bertz CT molecular complexity index is 667. The van der Waals surface area contributed by atoms with Crippen molar-refractivity contribution in [2.45, 2.75) is 6.18 Å². The van der Waals surface area contributed by atoms with E-state index < -0.39 is 11.7 Å².